The van der Waals surface area contributed by atoms with Crippen LogP contribution in [0.3, 0.4) is 0 Å². The average Bonchev–Trinajstić information content (AvgIpc) is 2.88. The van der Waals surface area contributed by atoms with Crippen LogP contribution in [0.1, 0.15) is 56.3 Å². The molecule has 2 rings (SSSR count). The van der Waals surface area contributed by atoms with E-state index in [2.05, 4.69) is 18.4 Å². The van der Waals surface area contributed by atoms with Crippen molar-refractivity contribution in [3.05, 3.63) is 83.1 Å². The van der Waals surface area contributed by atoms with Crippen molar-refractivity contribution in [2.24, 2.45) is 5.41 Å². The molecule has 1 atom stereocenters. The molecule has 0 saturated carbocycles. The van der Waals surface area contributed by atoms with E-state index in [1.807, 2.05) is 37.3 Å². The summed E-state index contributed by atoms with van der Waals surface area (Å²) in [6.07, 6.45) is 2.87. The van der Waals surface area contributed by atoms with E-state index >= 15 is 0 Å². The molecule has 0 heterocycles. The Morgan fingerprint density at radius 3 is 2.25 bits per heavy atom. The third-order valence-corrected chi connectivity index (χ3v) is 5.65. The van der Waals surface area contributed by atoms with Crippen LogP contribution in [0.15, 0.2) is 61.2 Å². The van der Waals surface area contributed by atoms with Crippen LogP contribution in [0.25, 0.3) is 0 Å². The van der Waals surface area contributed by atoms with Gasteiger partial charge in [-0.25, -0.2) is 4.74 Å². The summed E-state index contributed by atoms with van der Waals surface area (Å²) in [5.74, 6) is 5.26. The second-order valence-corrected chi connectivity index (χ2v) is 8.02. The Balaban J connectivity index is 2.37. The van der Waals surface area contributed by atoms with Crippen LogP contribution in [0.5, 0.6) is 5.75 Å². The summed E-state index contributed by atoms with van der Waals surface area (Å²) in [6, 6.07) is 14.0. The van der Waals surface area contributed by atoms with Gasteiger partial charge in [0.2, 0.25) is 0 Å². The number of allylic oxidation sites excluding steroid dienone is 1. The van der Waals surface area contributed by atoms with Crippen molar-refractivity contribution in [2.75, 3.05) is 20.3 Å². The zero-order valence-electron chi connectivity index (χ0n) is 21.3. The molecule has 2 aromatic rings. The van der Waals surface area contributed by atoms with Gasteiger partial charge in [-0.3, -0.25) is 9.59 Å². The second kappa shape index (κ2) is 13.7. The highest BCUT2D eigenvalue weighted by Crippen LogP contribution is 2.31. The maximum atomic E-state index is 12.9. The number of carbonyl (C=O) groups excluding carboxylic acids is 2. The lowest BCUT2D eigenvalue weighted by Crippen LogP contribution is -2.41. The molecule has 0 aliphatic rings. The Hall–Kier alpha value is -4.05. The van der Waals surface area contributed by atoms with Crippen LogP contribution in [0, 0.1) is 22.5 Å². The number of benzene rings is 2. The minimum atomic E-state index is -1.60. The summed E-state index contributed by atoms with van der Waals surface area (Å²) in [7, 11) is 1.59. The molecule has 7 nitrogen and oxygen atoms in total. The first-order valence-electron chi connectivity index (χ1n) is 11.8. The first-order valence-corrected chi connectivity index (χ1v) is 11.8. The number of carbonyl (C=O) groups is 2. The molecule has 7 heteroatoms. The smallest absolute Gasteiger partial charge is 0.324 e. The van der Waals surface area contributed by atoms with Crippen LogP contribution in [-0.4, -0.2) is 43.2 Å². The molecule has 0 amide bonds. The van der Waals surface area contributed by atoms with E-state index in [0.717, 1.165) is 10.3 Å². The van der Waals surface area contributed by atoms with Gasteiger partial charge in [0.1, 0.15) is 5.75 Å². The monoisotopic (exact) mass is 491 g/mol. The van der Waals surface area contributed by atoms with Gasteiger partial charge >= 0.3 is 11.9 Å². The van der Waals surface area contributed by atoms with E-state index in [4.69, 9.17) is 14.2 Å². The van der Waals surface area contributed by atoms with Crippen LogP contribution < -0.4 is 4.74 Å². The van der Waals surface area contributed by atoms with Crippen LogP contribution >= 0.6 is 0 Å². The van der Waals surface area contributed by atoms with Gasteiger partial charge in [-0.15, -0.1) is 6.58 Å². The third-order valence-electron chi connectivity index (χ3n) is 5.65. The van der Waals surface area contributed by atoms with Crippen molar-refractivity contribution in [3.8, 4) is 17.6 Å². The van der Waals surface area contributed by atoms with Gasteiger partial charge in [-0.1, -0.05) is 30.0 Å². The first-order chi connectivity index (χ1) is 17.3. The van der Waals surface area contributed by atoms with Crippen molar-refractivity contribution < 1.29 is 28.5 Å². The molecule has 190 valence electrons. The summed E-state index contributed by atoms with van der Waals surface area (Å²) in [5.41, 5.74) is 0.429. The van der Waals surface area contributed by atoms with Crippen molar-refractivity contribution >= 4 is 18.2 Å². The number of hydrogen-bond donors (Lipinski definition) is 0. The highest BCUT2D eigenvalue weighted by molar-refractivity contribution is 6.00. The molecular formula is C29H33NO6. The zero-order valence-corrected chi connectivity index (χ0v) is 21.3. The maximum absolute atomic E-state index is 12.9. The zero-order chi connectivity index (χ0) is 26.6. The van der Waals surface area contributed by atoms with Crippen LogP contribution in [0.4, 0.5) is 0 Å². The molecule has 0 aromatic heterocycles. The normalized spacial score (nSPS) is 12.1. The number of esters is 2. The van der Waals surface area contributed by atoms with E-state index < -0.39 is 23.4 Å². The fraction of sp³-hybridized carbons (Fsp3) is 0.345. The highest BCUT2D eigenvalue weighted by atomic mass is 16.6. The van der Waals surface area contributed by atoms with Crippen molar-refractivity contribution in [2.45, 2.75) is 39.7 Å². The number of hydrogen-bond acceptors (Lipinski definition) is 6. The lowest BCUT2D eigenvalue weighted by atomic mass is 9.81. The summed E-state index contributed by atoms with van der Waals surface area (Å²) in [4.78, 5) is 25.6. The SMILES string of the molecule is C=CCC(CC#Cc1ccccc1/C=[N+](\[O-])C(C)c1ccc(OC)cc1)(C(=O)OCC)C(=O)OCC. The number of hydroxylamine groups is 1. The number of ether oxygens (including phenoxy) is 3. The number of methoxy groups -OCH3 is 1. The molecule has 2 aromatic carbocycles. The molecular weight excluding hydrogens is 458 g/mol. The molecule has 0 fully saturated rings. The summed E-state index contributed by atoms with van der Waals surface area (Å²) in [6.45, 7) is 9.06. The van der Waals surface area contributed by atoms with Gasteiger partial charge in [0.25, 0.3) is 0 Å². The van der Waals surface area contributed by atoms with E-state index in [9.17, 15) is 14.8 Å². The van der Waals surface area contributed by atoms with E-state index in [0.29, 0.717) is 16.9 Å². The predicted molar refractivity (Wildman–Crippen MR) is 139 cm³/mol. The Morgan fingerprint density at radius 2 is 1.69 bits per heavy atom. The van der Waals surface area contributed by atoms with Gasteiger partial charge in [0, 0.05) is 24.5 Å². The summed E-state index contributed by atoms with van der Waals surface area (Å²) < 4.78 is 16.4. The number of rotatable bonds is 11. The molecule has 1 unspecified atom stereocenters. The molecule has 0 radical (unpaired) electrons. The molecule has 0 aliphatic carbocycles. The average molecular weight is 492 g/mol. The van der Waals surface area contributed by atoms with Crippen LogP contribution in [-0.2, 0) is 19.1 Å². The maximum Gasteiger partial charge on any atom is 0.324 e. The predicted octanol–water partition coefficient (Wildman–Crippen LogP) is 4.82. The van der Waals surface area contributed by atoms with Gasteiger partial charge in [-0.05, 0) is 56.7 Å². The van der Waals surface area contributed by atoms with E-state index in [1.54, 1.807) is 39.2 Å². The molecule has 0 spiro atoms. The Kier molecular flexibility index (Phi) is 10.8. The third kappa shape index (κ3) is 6.98. The van der Waals surface area contributed by atoms with Gasteiger partial charge in [-0.2, -0.15) is 0 Å². The minimum absolute atomic E-state index is 0.0286. The van der Waals surface area contributed by atoms with Crippen molar-refractivity contribution in [3.63, 3.8) is 0 Å². The van der Waals surface area contributed by atoms with E-state index in [1.165, 1.54) is 12.3 Å². The summed E-state index contributed by atoms with van der Waals surface area (Å²) in [5, 5.41) is 12.9. The quantitative estimate of drug-likeness (QED) is 0.0655. The van der Waals surface area contributed by atoms with Gasteiger partial charge in [0.15, 0.2) is 17.7 Å². The highest BCUT2D eigenvalue weighted by Gasteiger charge is 2.47. The molecule has 0 aliphatic heterocycles. The molecule has 0 saturated heterocycles. The number of nitrogens with zero attached hydrogens (tertiary/aromatic N) is 1. The van der Waals surface area contributed by atoms with E-state index in [-0.39, 0.29) is 26.1 Å². The Bertz CT molecular complexity index is 1120. The Morgan fingerprint density at radius 1 is 1.08 bits per heavy atom. The second-order valence-electron chi connectivity index (χ2n) is 8.02. The van der Waals surface area contributed by atoms with Gasteiger partial charge < -0.3 is 19.4 Å². The molecule has 0 N–H and O–H groups in total. The Labute approximate surface area is 213 Å². The van der Waals surface area contributed by atoms with Gasteiger partial charge in [0.05, 0.1) is 25.9 Å². The van der Waals surface area contributed by atoms with Crippen molar-refractivity contribution in [1.82, 2.24) is 0 Å². The lowest BCUT2D eigenvalue weighted by molar-refractivity contribution is -0.498. The van der Waals surface area contributed by atoms with Crippen LogP contribution in [0.2, 0.25) is 0 Å². The molecule has 36 heavy (non-hydrogen) atoms. The lowest BCUT2D eigenvalue weighted by Gasteiger charge is -2.26. The van der Waals surface area contributed by atoms with Crippen molar-refractivity contribution in [1.29, 1.82) is 0 Å². The minimum Gasteiger partial charge on any atom is -0.623 e. The topological polar surface area (TPSA) is 87.9 Å². The largest absolute Gasteiger partial charge is 0.623 e. The first kappa shape index (κ1) is 28.2. The standard InChI is InChI=1S/C29H33NO6/c1-6-19-29(27(31)35-7-2,28(32)36-8-3)20-11-14-24-12-9-10-13-25(24)21-30(33)22(4)23-15-17-26(34-5)18-16-23/h6,9-10,12-13,15-18,21-22H,1,7-8,19-20H2,2-5H3/b30-21-. The summed E-state index contributed by atoms with van der Waals surface area (Å²) >= 11 is 0. The fourth-order valence-corrected chi connectivity index (χ4v) is 3.54. The fourth-order valence-electron chi connectivity index (χ4n) is 3.54. The molecule has 0 bridgehead atoms.